The topological polar surface area (TPSA) is 110 Å². The van der Waals surface area contributed by atoms with Crippen molar-refractivity contribution >= 4 is 33.9 Å². The number of hydrogen-bond donors (Lipinski definition) is 1. The second kappa shape index (κ2) is 10.2. The van der Waals surface area contributed by atoms with Crippen molar-refractivity contribution < 1.29 is 14.5 Å². The highest BCUT2D eigenvalue weighted by atomic mass is 16.6. The first-order valence-corrected chi connectivity index (χ1v) is 11.5. The molecule has 1 aliphatic rings. The second-order valence-electron chi connectivity index (χ2n) is 8.83. The fourth-order valence-corrected chi connectivity index (χ4v) is 4.36. The van der Waals surface area contributed by atoms with Crippen molar-refractivity contribution in [1.29, 1.82) is 0 Å². The average molecular weight is 476 g/mol. The molecule has 1 aromatic heterocycles. The van der Waals surface area contributed by atoms with Crippen molar-refractivity contribution in [3.8, 4) is 0 Å². The number of nitrogens with zero attached hydrogens (tertiary/aromatic N) is 4. The standard InChI is InChI=1S/C26H29N5O4/c1-16-11-21(13-22(12-16)31(33)34)17(2)27-26-23-14-20(5-6-24(23)28-18(3)29-26)19-7-9-30(10-8-19)25(32)15-35-4/h5-7,11-14,17H,8-10,15H2,1-4H3,(H,27,28,29)/t17-/m1/s1. The number of nitro benzene ring substituents is 1. The number of non-ortho nitro benzene ring substituents is 1. The smallest absolute Gasteiger partial charge is 0.270 e. The quantitative estimate of drug-likeness (QED) is 0.393. The summed E-state index contributed by atoms with van der Waals surface area (Å²) in [6, 6.07) is 11.0. The number of hydrogen-bond acceptors (Lipinski definition) is 7. The molecule has 0 unspecified atom stereocenters. The van der Waals surface area contributed by atoms with Crippen LogP contribution in [-0.4, -0.2) is 52.5 Å². The van der Waals surface area contributed by atoms with Gasteiger partial charge in [-0.25, -0.2) is 9.97 Å². The third-order valence-electron chi connectivity index (χ3n) is 6.16. The van der Waals surface area contributed by atoms with Crippen LogP contribution in [0.4, 0.5) is 11.5 Å². The predicted molar refractivity (Wildman–Crippen MR) is 135 cm³/mol. The molecule has 35 heavy (non-hydrogen) atoms. The lowest BCUT2D eigenvalue weighted by Crippen LogP contribution is -2.36. The average Bonchev–Trinajstić information content (AvgIpc) is 2.83. The third kappa shape index (κ3) is 5.46. The molecule has 0 aliphatic carbocycles. The van der Waals surface area contributed by atoms with E-state index in [2.05, 4.69) is 27.4 Å². The Hall–Kier alpha value is -3.85. The van der Waals surface area contributed by atoms with E-state index in [1.54, 1.807) is 17.0 Å². The zero-order valence-corrected chi connectivity index (χ0v) is 20.4. The first-order valence-electron chi connectivity index (χ1n) is 11.5. The van der Waals surface area contributed by atoms with E-state index < -0.39 is 0 Å². The molecule has 182 valence electrons. The van der Waals surface area contributed by atoms with Crippen LogP contribution in [0.2, 0.25) is 0 Å². The van der Waals surface area contributed by atoms with Gasteiger partial charge in [0.2, 0.25) is 5.91 Å². The largest absolute Gasteiger partial charge is 0.375 e. The minimum absolute atomic E-state index is 0.0120. The van der Waals surface area contributed by atoms with Gasteiger partial charge < -0.3 is 15.0 Å². The number of methoxy groups -OCH3 is 1. The molecule has 1 aliphatic heterocycles. The summed E-state index contributed by atoms with van der Waals surface area (Å²) < 4.78 is 4.96. The maximum atomic E-state index is 12.1. The van der Waals surface area contributed by atoms with Crippen molar-refractivity contribution in [2.24, 2.45) is 0 Å². The molecule has 3 aromatic rings. The summed E-state index contributed by atoms with van der Waals surface area (Å²) >= 11 is 0. The number of fused-ring (bicyclic) bond motifs is 1. The molecule has 0 saturated heterocycles. The minimum Gasteiger partial charge on any atom is -0.375 e. The van der Waals surface area contributed by atoms with E-state index in [9.17, 15) is 14.9 Å². The lowest BCUT2D eigenvalue weighted by Gasteiger charge is -2.26. The van der Waals surface area contributed by atoms with E-state index in [-0.39, 0.29) is 29.2 Å². The number of carbonyl (C=O) groups excluding carboxylic acids is 1. The van der Waals surface area contributed by atoms with Crippen molar-refractivity contribution in [2.45, 2.75) is 33.2 Å². The Kier molecular flexibility index (Phi) is 7.07. The number of nitrogens with one attached hydrogen (secondary N) is 1. The molecule has 9 nitrogen and oxygen atoms in total. The number of aryl methyl sites for hydroxylation is 2. The van der Waals surface area contributed by atoms with Gasteiger partial charge in [-0.3, -0.25) is 14.9 Å². The number of nitro groups is 1. The summed E-state index contributed by atoms with van der Waals surface area (Å²) in [6.45, 7) is 6.94. The highest BCUT2D eigenvalue weighted by molar-refractivity contribution is 5.92. The number of anilines is 1. The molecule has 0 fully saturated rings. The summed E-state index contributed by atoms with van der Waals surface area (Å²) in [4.78, 5) is 34.1. The van der Waals surface area contributed by atoms with Crippen LogP contribution in [0.3, 0.4) is 0 Å². The van der Waals surface area contributed by atoms with Crippen molar-refractivity contribution in [1.82, 2.24) is 14.9 Å². The van der Waals surface area contributed by atoms with Gasteiger partial charge in [0.25, 0.3) is 5.69 Å². The van der Waals surface area contributed by atoms with E-state index in [1.807, 2.05) is 39.0 Å². The van der Waals surface area contributed by atoms with Crippen LogP contribution < -0.4 is 5.32 Å². The summed E-state index contributed by atoms with van der Waals surface area (Å²) in [5.74, 6) is 1.31. The van der Waals surface area contributed by atoms with Gasteiger partial charge in [0.05, 0.1) is 16.5 Å². The molecule has 0 bridgehead atoms. The minimum atomic E-state index is -0.373. The van der Waals surface area contributed by atoms with Crippen LogP contribution in [0.15, 0.2) is 42.5 Å². The molecule has 0 radical (unpaired) electrons. The summed E-state index contributed by atoms with van der Waals surface area (Å²) in [6.07, 6.45) is 2.83. The Bertz CT molecular complexity index is 1320. The van der Waals surface area contributed by atoms with E-state index >= 15 is 0 Å². The van der Waals surface area contributed by atoms with Crippen LogP contribution in [0, 0.1) is 24.0 Å². The molecule has 9 heteroatoms. The summed E-state index contributed by atoms with van der Waals surface area (Å²) in [5.41, 5.74) is 4.76. The van der Waals surface area contributed by atoms with Gasteiger partial charge >= 0.3 is 0 Å². The number of carbonyl (C=O) groups is 1. The van der Waals surface area contributed by atoms with Crippen LogP contribution >= 0.6 is 0 Å². The van der Waals surface area contributed by atoms with E-state index in [4.69, 9.17) is 4.74 Å². The Labute approximate surface area is 204 Å². The molecular formula is C26H29N5O4. The Balaban J connectivity index is 1.64. The zero-order chi connectivity index (χ0) is 25.1. The van der Waals surface area contributed by atoms with Crippen molar-refractivity contribution in [3.63, 3.8) is 0 Å². The Morgan fingerprint density at radius 1 is 1.23 bits per heavy atom. The van der Waals surface area contributed by atoms with Crippen LogP contribution in [0.25, 0.3) is 16.5 Å². The molecule has 1 amide bonds. The van der Waals surface area contributed by atoms with Gasteiger partial charge in [0.15, 0.2) is 0 Å². The highest BCUT2D eigenvalue weighted by Crippen LogP contribution is 2.31. The first kappa shape index (κ1) is 24.3. The third-order valence-corrected chi connectivity index (χ3v) is 6.16. The number of rotatable bonds is 7. The van der Waals surface area contributed by atoms with E-state index in [1.165, 1.54) is 12.7 Å². The highest BCUT2D eigenvalue weighted by Gasteiger charge is 2.19. The monoisotopic (exact) mass is 475 g/mol. The number of aromatic nitrogens is 2. The van der Waals surface area contributed by atoms with Gasteiger partial charge in [-0.1, -0.05) is 18.2 Å². The van der Waals surface area contributed by atoms with Gasteiger partial charge in [0, 0.05) is 37.7 Å². The Morgan fingerprint density at radius 2 is 2.03 bits per heavy atom. The molecule has 1 N–H and O–H groups in total. The molecular weight excluding hydrogens is 446 g/mol. The van der Waals surface area contributed by atoms with Crippen molar-refractivity contribution in [3.05, 3.63) is 75.1 Å². The molecule has 4 rings (SSSR count). The maximum Gasteiger partial charge on any atom is 0.270 e. The predicted octanol–water partition coefficient (Wildman–Crippen LogP) is 4.59. The van der Waals surface area contributed by atoms with Gasteiger partial charge in [-0.2, -0.15) is 0 Å². The van der Waals surface area contributed by atoms with Crippen LogP contribution in [0.1, 0.15) is 41.9 Å². The fraction of sp³-hybridized carbons (Fsp3) is 0.346. The SMILES string of the molecule is COCC(=O)N1CC=C(c2ccc3nc(C)nc(N[C@H](C)c4cc(C)cc([N+](=O)[O-])c4)c3c2)CC1. The van der Waals surface area contributed by atoms with Gasteiger partial charge in [-0.15, -0.1) is 0 Å². The molecule has 0 saturated carbocycles. The lowest BCUT2D eigenvalue weighted by molar-refractivity contribution is -0.385. The fourth-order valence-electron chi connectivity index (χ4n) is 4.36. The zero-order valence-electron chi connectivity index (χ0n) is 20.4. The van der Waals surface area contributed by atoms with Crippen molar-refractivity contribution in [2.75, 3.05) is 32.1 Å². The lowest BCUT2D eigenvalue weighted by atomic mass is 9.97. The normalized spacial score (nSPS) is 14.5. The first-order chi connectivity index (χ1) is 16.7. The number of benzene rings is 2. The molecule has 2 heterocycles. The second-order valence-corrected chi connectivity index (χ2v) is 8.83. The molecule has 0 spiro atoms. The van der Waals surface area contributed by atoms with E-state index in [0.29, 0.717) is 24.7 Å². The Morgan fingerprint density at radius 3 is 2.71 bits per heavy atom. The summed E-state index contributed by atoms with van der Waals surface area (Å²) in [5, 5.41) is 15.6. The summed E-state index contributed by atoms with van der Waals surface area (Å²) in [7, 11) is 1.52. The molecule has 2 aromatic carbocycles. The van der Waals surface area contributed by atoms with E-state index in [0.717, 1.165) is 34.0 Å². The molecule has 1 atom stereocenters. The number of ether oxygens (including phenoxy) is 1. The van der Waals surface area contributed by atoms with Crippen LogP contribution in [0.5, 0.6) is 0 Å². The van der Waals surface area contributed by atoms with Crippen LogP contribution in [-0.2, 0) is 9.53 Å². The number of amides is 1. The maximum absolute atomic E-state index is 12.1. The van der Waals surface area contributed by atoms with Gasteiger partial charge in [0.1, 0.15) is 18.2 Å². The van der Waals surface area contributed by atoms with Gasteiger partial charge in [-0.05, 0) is 61.6 Å².